The molecule has 0 radical (unpaired) electrons. The molecule has 4 rings (SSSR count). The highest BCUT2D eigenvalue weighted by molar-refractivity contribution is 5.97. The molecule has 22 nitrogen and oxygen atoms in total. The summed E-state index contributed by atoms with van der Waals surface area (Å²) in [4.78, 5) is 97.5. The van der Waals surface area contributed by atoms with Crippen LogP contribution in [0.2, 0.25) is 0 Å². The van der Waals surface area contributed by atoms with E-state index in [1.807, 2.05) is 55.5 Å². The summed E-state index contributed by atoms with van der Waals surface area (Å²) >= 11 is 0. The van der Waals surface area contributed by atoms with E-state index in [-0.39, 0.29) is 69.5 Å². The third kappa shape index (κ3) is 16.3. The Hall–Kier alpha value is -7.20. The van der Waals surface area contributed by atoms with Gasteiger partial charge in [0, 0.05) is 60.1 Å². The number of aromatic nitrogens is 2. The second-order valence-electron chi connectivity index (χ2n) is 16.9. The number of fused-ring (bicyclic) bond motifs is 2. The number of carboxylic acid groups (broad SMARTS) is 1. The molecule has 2 aromatic heterocycles. The second-order valence-corrected chi connectivity index (χ2v) is 16.9. The van der Waals surface area contributed by atoms with Crippen LogP contribution in [0.5, 0.6) is 0 Å². The highest BCUT2D eigenvalue weighted by atomic mass is 16.4. The fourth-order valence-corrected chi connectivity index (χ4v) is 7.67. The number of nitrogens with zero attached hydrogens (tertiary/aromatic N) is 2. The van der Waals surface area contributed by atoms with E-state index < -0.39 is 71.8 Å². The maximum absolute atomic E-state index is 14.8. The third-order valence-corrected chi connectivity index (χ3v) is 11.7. The Labute approximate surface area is 395 Å². The maximum atomic E-state index is 14.8. The number of para-hydroxylation sites is 2. The van der Waals surface area contributed by atoms with Gasteiger partial charge in [0.15, 0.2) is 11.9 Å². The first-order valence-electron chi connectivity index (χ1n) is 22.9. The molecule has 4 aromatic rings. The molecule has 0 bridgehead atoms. The van der Waals surface area contributed by atoms with E-state index in [0.717, 1.165) is 21.8 Å². The van der Waals surface area contributed by atoms with Gasteiger partial charge in [0.1, 0.15) is 30.2 Å². The van der Waals surface area contributed by atoms with Crippen LogP contribution in [0, 0.1) is 5.92 Å². The number of carbonyl (C=O) groups is 6. The van der Waals surface area contributed by atoms with Crippen LogP contribution in [0.1, 0.15) is 76.3 Å². The number of aromatic amines is 2. The Morgan fingerprint density at radius 1 is 0.603 bits per heavy atom. The van der Waals surface area contributed by atoms with Crippen molar-refractivity contribution in [3.8, 4) is 0 Å². The van der Waals surface area contributed by atoms with Gasteiger partial charge in [-0.25, -0.2) is 4.79 Å². The van der Waals surface area contributed by atoms with Crippen molar-refractivity contribution in [2.24, 2.45) is 50.3 Å². The summed E-state index contributed by atoms with van der Waals surface area (Å²) in [5, 5.41) is 25.4. The van der Waals surface area contributed by atoms with Gasteiger partial charge in [-0.1, -0.05) is 63.1 Å². The van der Waals surface area contributed by atoms with E-state index in [1.54, 1.807) is 19.3 Å². The number of aliphatic imine (C=N–C) groups is 2. The zero-order chi connectivity index (χ0) is 49.8. The smallest absolute Gasteiger partial charge is 0.326 e. The van der Waals surface area contributed by atoms with Crippen LogP contribution in [-0.2, 0) is 41.6 Å². The van der Waals surface area contributed by atoms with Crippen molar-refractivity contribution in [1.29, 1.82) is 0 Å². The molecule has 0 fully saturated rings. The molecule has 5 amide bonds. The Kier molecular flexibility index (Phi) is 21.1. The normalized spacial score (nSPS) is 14.3. The first kappa shape index (κ1) is 53.4. The van der Waals surface area contributed by atoms with E-state index >= 15 is 0 Å². The lowest BCUT2D eigenvalue weighted by Gasteiger charge is -2.29. The molecular formula is C46H69N15O7. The minimum absolute atomic E-state index is 0.0148. The number of hydrogen-bond donors (Lipinski definition) is 14. The second kappa shape index (κ2) is 26.8. The third-order valence-electron chi connectivity index (χ3n) is 11.7. The number of rotatable bonds is 29. The highest BCUT2D eigenvalue weighted by Crippen LogP contribution is 2.22. The molecule has 0 aliphatic carbocycles. The summed E-state index contributed by atoms with van der Waals surface area (Å²) in [5.41, 5.74) is 36.6. The average Bonchev–Trinajstić information content (AvgIpc) is 3.92. The van der Waals surface area contributed by atoms with Gasteiger partial charge in [-0.2, -0.15) is 0 Å². The maximum Gasteiger partial charge on any atom is 0.326 e. The van der Waals surface area contributed by atoms with Crippen LogP contribution in [0.15, 0.2) is 70.9 Å². The summed E-state index contributed by atoms with van der Waals surface area (Å²) in [7, 11) is 0. The van der Waals surface area contributed by atoms with Crippen LogP contribution in [-0.4, -0.2) is 118 Å². The van der Waals surface area contributed by atoms with Crippen LogP contribution in [0.4, 0.5) is 0 Å². The molecule has 2 heterocycles. The van der Waals surface area contributed by atoms with Crippen molar-refractivity contribution in [2.75, 3.05) is 19.6 Å². The van der Waals surface area contributed by atoms with Crippen molar-refractivity contribution in [3.63, 3.8) is 0 Å². The molecule has 2 aromatic carbocycles. The molecule has 68 heavy (non-hydrogen) atoms. The van der Waals surface area contributed by atoms with Crippen LogP contribution >= 0.6 is 0 Å². The highest BCUT2D eigenvalue weighted by Gasteiger charge is 2.35. The SMILES string of the molecule is CC[C@H](C)[C@H](NC(=O)[C@@H](N)CCCCN)C(=O)N[C@@H](CCCN=C(N)N)C(=O)N[C@@H](Cc1c[nH]c2ccccc12)C(=O)N[C@@H](Cc1c[nH]c2ccccc12)C(=O)N[C@@H](CCCN=C(N)N)C(=O)O. The summed E-state index contributed by atoms with van der Waals surface area (Å²) in [6.45, 7) is 4.32. The number of nitrogens with two attached hydrogens (primary N) is 6. The van der Waals surface area contributed by atoms with Gasteiger partial charge >= 0.3 is 5.97 Å². The number of unbranched alkanes of at least 4 members (excludes halogenated alkanes) is 1. The van der Waals surface area contributed by atoms with Gasteiger partial charge < -0.3 is 76.1 Å². The number of aliphatic carboxylic acids is 1. The molecule has 370 valence electrons. The van der Waals surface area contributed by atoms with E-state index in [2.05, 4.69) is 46.5 Å². The molecule has 0 saturated heterocycles. The number of H-pyrrole nitrogens is 2. The minimum atomic E-state index is -1.36. The van der Waals surface area contributed by atoms with Crippen LogP contribution < -0.4 is 61.0 Å². The topological polar surface area (TPSA) is 395 Å². The van der Waals surface area contributed by atoms with E-state index in [1.165, 1.54) is 0 Å². The fourth-order valence-electron chi connectivity index (χ4n) is 7.67. The molecular weight excluding hydrogens is 875 g/mol. The average molecular weight is 944 g/mol. The molecule has 22 heteroatoms. The largest absolute Gasteiger partial charge is 0.480 e. The zero-order valence-electron chi connectivity index (χ0n) is 38.8. The Morgan fingerprint density at radius 2 is 1.06 bits per heavy atom. The lowest BCUT2D eigenvalue weighted by Crippen LogP contribution is -2.60. The van der Waals surface area contributed by atoms with Crippen LogP contribution in [0.3, 0.4) is 0 Å². The Morgan fingerprint density at radius 3 is 1.53 bits per heavy atom. The lowest BCUT2D eigenvalue weighted by molar-refractivity contribution is -0.142. The minimum Gasteiger partial charge on any atom is -0.480 e. The zero-order valence-corrected chi connectivity index (χ0v) is 38.8. The molecule has 0 saturated carbocycles. The monoisotopic (exact) mass is 944 g/mol. The van der Waals surface area contributed by atoms with E-state index in [0.29, 0.717) is 43.4 Å². The first-order chi connectivity index (χ1) is 32.5. The van der Waals surface area contributed by atoms with Gasteiger partial charge in [0.25, 0.3) is 0 Å². The lowest BCUT2D eigenvalue weighted by atomic mass is 9.96. The summed E-state index contributed by atoms with van der Waals surface area (Å²) in [6, 6.07) is 7.43. The number of carbonyl (C=O) groups excluding carboxylic acids is 5. The molecule has 0 aliphatic heterocycles. The molecule has 20 N–H and O–H groups in total. The first-order valence-corrected chi connectivity index (χ1v) is 22.9. The predicted molar refractivity (Wildman–Crippen MR) is 261 cm³/mol. The van der Waals surface area contributed by atoms with Crippen molar-refractivity contribution >= 4 is 69.2 Å². The van der Waals surface area contributed by atoms with Gasteiger partial charge in [0.2, 0.25) is 29.5 Å². The van der Waals surface area contributed by atoms with Gasteiger partial charge in [0.05, 0.1) is 6.04 Å². The van der Waals surface area contributed by atoms with Gasteiger partial charge in [-0.15, -0.1) is 0 Å². The molecule has 0 spiro atoms. The van der Waals surface area contributed by atoms with Gasteiger partial charge in [-0.3, -0.25) is 34.0 Å². The molecule has 0 unspecified atom stereocenters. The number of guanidine groups is 2. The van der Waals surface area contributed by atoms with Crippen molar-refractivity contribution in [3.05, 3.63) is 72.1 Å². The Balaban J connectivity index is 1.69. The quantitative estimate of drug-likeness (QED) is 0.0187. The number of hydrogen-bond acceptors (Lipinski definition) is 10. The standard InChI is InChI=1S/C46H69N15O7/c1-3-26(2)38(61-39(62)31(48)14-8-9-19-47)43(66)57-34(17-10-20-53-45(49)50)40(63)59-37(23-28-25-56-33-16-7-5-13-30(28)33)42(65)60-36(22-27-24-55-32-15-6-4-12-29(27)32)41(64)58-35(44(67)68)18-11-21-54-46(51)52/h4-7,12-13,15-16,24-26,31,34-38,55-56H,3,8-11,14,17-23,47-48H2,1-2H3,(H,57,66)(H,58,64)(H,59,63)(H,60,65)(H,61,62)(H,67,68)(H4,49,50,53)(H4,51,52,54)/t26-,31-,34-,35-,36-,37-,38-/m0/s1. The summed E-state index contributed by atoms with van der Waals surface area (Å²) in [6.07, 6.45) is 5.86. The van der Waals surface area contributed by atoms with Crippen LogP contribution in [0.25, 0.3) is 21.8 Å². The molecule has 7 atom stereocenters. The number of benzene rings is 2. The van der Waals surface area contributed by atoms with Crippen molar-refractivity contribution in [1.82, 2.24) is 36.6 Å². The Bertz CT molecular complexity index is 2370. The summed E-state index contributed by atoms with van der Waals surface area (Å²) < 4.78 is 0. The molecule has 0 aliphatic rings. The van der Waals surface area contributed by atoms with Crippen molar-refractivity contribution in [2.45, 2.75) is 114 Å². The van der Waals surface area contributed by atoms with E-state index in [4.69, 9.17) is 34.4 Å². The summed E-state index contributed by atoms with van der Waals surface area (Å²) in [5.74, 6) is -5.51. The fraction of sp³-hybridized carbons (Fsp3) is 0.478. The van der Waals surface area contributed by atoms with Crippen molar-refractivity contribution < 1.29 is 33.9 Å². The number of nitrogens with one attached hydrogen (secondary N) is 7. The van der Waals surface area contributed by atoms with Gasteiger partial charge in [-0.05, 0) is 74.2 Å². The number of carboxylic acids is 1. The predicted octanol–water partition coefficient (Wildman–Crippen LogP) is -0.447. The number of amides is 5. The van der Waals surface area contributed by atoms with E-state index in [9.17, 15) is 33.9 Å².